The van der Waals surface area contributed by atoms with Gasteiger partial charge in [0.15, 0.2) is 0 Å². The van der Waals surface area contributed by atoms with Gasteiger partial charge in [0.2, 0.25) is 0 Å². The van der Waals surface area contributed by atoms with Crippen molar-refractivity contribution in [2.45, 2.75) is 6.92 Å². The number of anilines is 1. The van der Waals surface area contributed by atoms with E-state index in [1.165, 1.54) is 0 Å². The number of hydrogen-bond acceptors (Lipinski definition) is 6. The van der Waals surface area contributed by atoms with E-state index < -0.39 is 0 Å². The Labute approximate surface area is 158 Å². The van der Waals surface area contributed by atoms with E-state index in [4.69, 9.17) is 15.2 Å². The van der Waals surface area contributed by atoms with Gasteiger partial charge in [0.25, 0.3) is 0 Å². The lowest BCUT2D eigenvalue weighted by Crippen LogP contribution is -2.04. The highest BCUT2D eigenvalue weighted by atomic mass is 16.5. The standard InChI is InChI=1S/C21H23N3O3/c1-14-11-16(4-8-21(14)25)23-13-18(22)20-6-3-15-12-17(27-10-9-26-2)5-7-19(15)24-20/h3-8,11-13,23,25H,9-10,22H2,1-2H3/b18-13-. The van der Waals surface area contributed by atoms with Crippen LogP contribution in [0.1, 0.15) is 11.3 Å². The van der Waals surface area contributed by atoms with Crippen molar-refractivity contribution in [3.05, 3.63) is 66.0 Å². The predicted molar refractivity (Wildman–Crippen MR) is 108 cm³/mol. The number of nitrogens with zero attached hydrogens (tertiary/aromatic N) is 1. The Morgan fingerprint density at radius 1 is 1.15 bits per heavy atom. The summed E-state index contributed by atoms with van der Waals surface area (Å²) in [6.07, 6.45) is 1.70. The van der Waals surface area contributed by atoms with Gasteiger partial charge in [-0.15, -0.1) is 0 Å². The van der Waals surface area contributed by atoms with Crippen molar-refractivity contribution < 1.29 is 14.6 Å². The van der Waals surface area contributed by atoms with E-state index in [2.05, 4.69) is 10.3 Å². The van der Waals surface area contributed by atoms with Gasteiger partial charge in [0, 0.05) is 24.4 Å². The minimum Gasteiger partial charge on any atom is -0.508 e. The largest absolute Gasteiger partial charge is 0.508 e. The Morgan fingerprint density at radius 3 is 2.78 bits per heavy atom. The lowest BCUT2D eigenvalue weighted by Gasteiger charge is -2.08. The first-order valence-corrected chi connectivity index (χ1v) is 8.61. The van der Waals surface area contributed by atoms with Gasteiger partial charge >= 0.3 is 0 Å². The van der Waals surface area contributed by atoms with Crippen LogP contribution < -0.4 is 15.8 Å². The second-order valence-electron chi connectivity index (χ2n) is 6.14. The topological polar surface area (TPSA) is 89.6 Å². The molecule has 0 bridgehead atoms. The summed E-state index contributed by atoms with van der Waals surface area (Å²) in [7, 11) is 1.64. The Morgan fingerprint density at radius 2 is 2.00 bits per heavy atom. The summed E-state index contributed by atoms with van der Waals surface area (Å²) < 4.78 is 10.6. The van der Waals surface area contributed by atoms with Crippen molar-refractivity contribution in [2.24, 2.45) is 5.73 Å². The van der Waals surface area contributed by atoms with E-state index in [-0.39, 0.29) is 5.75 Å². The monoisotopic (exact) mass is 365 g/mol. The van der Waals surface area contributed by atoms with Gasteiger partial charge in [-0.3, -0.25) is 0 Å². The number of nitrogens with one attached hydrogen (secondary N) is 1. The molecule has 0 aliphatic rings. The lowest BCUT2D eigenvalue weighted by molar-refractivity contribution is 0.146. The Kier molecular flexibility index (Phi) is 5.78. The van der Waals surface area contributed by atoms with E-state index in [0.29, 0.717) is 24.6 Å². The zero-order valence-corrected chi connectivity index (χ0v) is 15.4. The Balaban J connectivity index is 1.75. The fourth-order valence-electron chi connectivity index (χ4n) is 2.58. The molecule has 2 aromatic carbocycles. The quantitative estimate of drug-likeness (QED) is 0.437. The van der Waals surface area contributed by atoms with Crippen molar-refractivity contribution in [1.82, 2.24) is 4.98 Å². The first kappa shape index (κ1) is 18.5. The third-order valence-corrected chi connectivity index (χ3v) is 4.10. The number of aryl methyl sites for hydroxylation is 1. The van der Waals surface area contributed by atoms with Crippen LogP contribution in [0.2, 0.25) is 0 Å². The summed E-state index contributed by atoms with van der Waals surface area (Å²) in [5, 5.41) is 13.7. The maximum Gasteiger partial charge on any atom is 0.120 e. The molecule has 0 spiro atoms. The molecule has 0 aliphatic carbocycles. The smallest absolute Gasteiger partial charge is 0.120 e. The summed E-state index contributed by atoms with van der Waals surface area (Å²) >= 11 is 0. The zero-order chi connectivity index (χ0) is 19.2. The summed E-state index contributed by atoms with van der Waals surface area (Å²) in [6.45, 7) is 2.89. The highest BCUT2D eigenvalue weighted by Gasteiger charge is 2.04. The normalized spacial score (nSPS) is 11.6. The number of phenolic OH excluding ortho intramolecular Hbond substituents is 1. The first-order valence-electron chi connectivity index (χ1n) is 8.61. The first-order chi connectivity index (χ1) is 13.1. The van der Waals surface area contributed by atoms with E-state index in [1.807, 2.05) is 43.3 Å². The molecule has 1 heterocycles. The Bertz CT molecular complexity index is 970. The minimum atomic E-state index is 0.263. The summed E-state index contributed by atoms with van der Waals surface area (Å²) in [5.41, 5.74) is 9.82. The van der Waals surface area contributed by atoms with Crippen molar-refractivity contribution >= 4 is 22.3 Å². The molecule has 0 atom stereocenters. The van der Waals surface area contributed by atoms with Gasteiger partial charge in [-0.2, -0.15) is 0 Å². The molecule has 4 N–H and O–H groups in total. The third-order valence-electron chi connectivity index (χ3n) is 4.10. The molecule has 0 fully saturated rings. The number of methoxy groups -OCH3 is 1. The number of pyridine rings is 1. The van der Waals surface area contributed by atoms with Crippen molar-refractivity contribution in [1.29, 1.82) is 0 Å². The van der Waals surface area contributed by atoms with Crippen LogP contribution in [-0.4, -0.2) is 30.4 Å². The molecule has 0 amide bonds. The number of fused-ring (bicyclic) bond motifs is 1. The number of rotatable bonds is 7. The summed E-state index contributed by atoms with van der Waals surface area (Å²) in [6, 6.07) is 14.8. The number of aromatic nitrogens is 1. The van der Waals surface area contributed by atoms with Gasteiger partial charge in [-0.05, 0) is 55.0 Å². The van der Waals surface area contributed by atoms with Crippen molar-refractivity contribution in [3.8, 4) is 11.5 Å². The SMILES string of the molecule is COCCOc1ccc2nc(/C(N)=C/Nc3ccc(O)c(C)c3)ccc2c1. The number of ether oxygens (including phenoxy) is 2. The van der Waals surface area contributed by atoms with Gasteiger partial charge in [0.05, 0.1) is 23.5 Å². The molecule has 140 valence electrons. The van der Waals surface area contributed by atoms with Crippen LogP contribution in [-0.2, 0) is 4.74 Å². The molecule has 27 heavy (non-hydrogen) atoms. The molecule has 0 aliphatic heterocycles. The molecule has 6 nitrogen and oxygen atoms in total. The highest BCUT2D eigenvalue weighted by Crippen LogP contribution is 2.22. The summed E-state index contributed by atoms with van der Waals surface area (Å²) in [5.74, 6) is 1.04. The molecular formula is C21H23N3O3. The number of aromatic hydroxyl groups is 1. The maximum atomic E-state index is 9.59. The van der Waals surface area contributed by atoms with Gasteiger partial charge in [0.1, 0.15) is 18.1 Å². The van der Waals surface area contributed by atoms with Gasteiger partial charge < -0.3 is 25.6 Å². The Hall–Kier alpha value is -3.25. The van der Waals surface area contributed by atoms with Crippen molar-refractivity contribution in [2.75, 3.05) is 25.6 Å². The molecule has 3 rings (SSSR count). The van der Waals surface area contributed by atoms with E-state index in [1.54, 1.807) is 25.4 Å². The van der Waals surface area contributed by atoms with Crippen LogP contribution in [0.4, 0.5) is 5.69 Å². The van der Waals surface area contributed by atoms with Crippen LogP contribution in [0, 0.1) is 6.92 Å². The molecule has 0 unspecified atom stereocenters. The molecule has 0 saturated carbocycles. The van der Waals surface area contributed by atoms with Gasteiger partial charge in [-0.25, -0.2) is 4.98 Å². The molecule has 1 aromatic heterocycles. The van der Waals surface area contributed by atoms with Crippen molar-refractivity contribution in [3.63, 3.8) is 0 Å². The van der Waals surface area contributed by atoms with Crippen LogP contribution >= 0.6 is 0 Å². The maximum absolute atomic E-state index is 9.59. The van der Waals surface area contributed by atoms with Crippen LogP contribution in [0.3, 0.4) is 0 Å². The molecule has 6 heteroatoms. The molecule has 0 saturated heterocycles. The van der Waals surface area contributed by atoms with Gasteiger partial charge in [-0.1, -0.05) is 6.07 Å². The van der Waals surface area contributed by atoms with Crippen LogP contribution in [0.25, 0.3) is 16.6 Å². The lowest BCUT2D eigenvalue weighted by atomic mass is 10.1. The number of nitrogens with two attached hydrogens (primary N) is 1. The van der Waals surface area contributed by atoms with Crippen LogP contribution in [0.15, 0.2) is 54.7 Å². The number of benzene rings is 2. The summed E-state index contributed by atoms with van der Waals surface area (Å²) in [4.78, 5) is 4.60. The van der Waals surface area contributed by atoms with E-state index in [9.17, 15) is 5.11 Å². The minimum absolute atomic E-state index is 0.263. The zero-order valence-electron chi connectivity index (χ0n) is 15.4. The second kappa shape index (κ2) is 8.42. The fraction of sp³-hybridized carbons (Fsp3) is 0.190. The average molecular weight is 365 g/mol. The van der Waals surface area contributed by atoms with E-state index >= 15 is 0 Å². The second-order valence-corrected chi connectivity index (χ2v) is 6.14. The molecular weight excluding hydrogens is 342 g/mol. The fourth-order valence-corrected chi connectivity index (χ4v) is 2.58. The number of phenols is 1. The molecule has 0 radical (unpaired) electrons. The number of hydrogen-bond donors (Lipinski definition) is 3. The molecule has 3 aromatic rings. The predicted octanol–water partition coefficient (Wildman–Crippen LogP) is 3.64. The average Bonchev–Trinajstić information content (AvgIpc) is 2.68. The van der Waals surface area contributed by atoms with Crippen LogP contribution in [0.5, 0.6) is 11.5 Å². The third kappa shape index (κ3) is 4.68. The van der Waals surface area contributed by atoms with E-state index in [0.717, 1.165) is 27.9 Å². The highest BCUT2D eigenvalue weighted by molar-refractivity contribution is 5.82.